The van der Waals surface area contributed by atoms with E-state index in [1.807, 2.05) is 20.8 Å². The first-order valence-corrected chi connectivity index (χ1v) is 8.86. The van der Waals surface area contributed by atoms with E-state index in [1.54, 1.807) is 33.5 Å². The van der Waals surface area contributed by atoms with Crippen molar-refractivity contribution in [1.29, 1.82) is 0 Å². The average Bonchev–Trinajstić information content (AvgIpc) is 2.59. The zero-order valence-corrected chi connectivity index (χ0v) is 17.7. The van der Waals surface area contributed by atoms with Crippen molar-refractivity contribution in [3.63, 3.8) is 0 Å². The van der Waals surface area contributed by atoms with Gasteiger partial charge in [-0.2, -0.15) is 0 Å². The second-order valence-corrected chi connectivity index (χ2v) is 7.01. The van der Waals surface area contributed by atoms with Gasteiger partial charge in [-0.1, -0.05) is 6.07 Å². The van der Waals surface area contributed by atoms with Gasteiger partial charge >= 0.3 is 18.9 Å². The first-order valence-electron chi connectivity index (χ1n) is 7.97. The van der Waals surface area contributed by atoms with Crippen molar-refractivity contribution in [2.45, 2.75) is 27.7 Å². The van der Waals surface area contributed by atoms with Crippen molar-refractivity contribution in [3.8, 4) is 17.2 Å². The van der Waals surface area contributed by atoms with Crippen LogP contribution < -0.4 is 38.4 Å². The Balaban J connectivity index is 0.00000338. The molecule has 134 valence electrons. The normalized spacial score (nSPS) is 10.6. The Labute approximate surface area is 169 Å². The Morgan fingerprint density at radius 1 is 0.808 bits per heavy atom. The molecule has 0 aliphatic rings. The van der Waals surface area contributed by atoms with Crippen molar-refractivity contribution >= 4 is 19.4 Å². The maximum absolute atomic E-state index is 13.1. The maximum Gasteiger partial charge on any atom is 1.00 e. The van der Waals surface area contributed by atoms with Crippen LogP contribution in [-0.4, -0.2) is 26.9 Å². The number of benzene rings is 2. The monoisotopic (exact) mass is 366 g/mol. The molecule has 0 aliphatic heterocycles. The van der Waals surface area contributed by atoms with E-state index in [9.17, 15) is 4.79 Å². The summed E-state index contributed by atoms with van der Waals surface area (Å²) < 4.78 is 16.2. The number of methoxy groups -OCH3 is 3. The second kappa shape index (κ2) is 9.47. The van der Waals surface area contributed by atoms with Crippen LogP contribution in [0, 0.1) is 27.7 Å². The minimum Gasteiger partial charge on any atom is -0.499 e. The zero-order chi connectivity index (χ0) is 18.7. The van der Waals surface area contributed by atoms with Crippen LogP contribution in [0.5, 0.6) is 17.2 Å². The topological polar surface area (TPSA) is 44.8 Å². The van der Waals surface area contributed by atoms with Crippen molar-refractivity contribution in [2.24, 2.45) is 0 Å². The van der Waals surface area contributed by atoms with Gasteiger partial charge in [-0.05, 0) is 55.5 Å². The molecule has 2 aromatic carbocycles. The minimum absolute atomic E-state index is 0. The standard InChI is InChI=1S/C20H24O4P.Li/c1-11-8-12(2)18(14(4)13(11)3)20(21)25-19-16(23-6)9-15(22-5)10-17(19)24-7;/h8-10H,1-7H3;/q-1;+1. The molecule has 0 N–H and O–H groups in total. The van der Waals surface area contributed by atoms with Gasteiger partial charge in [0.2, 0.25) is 0 Å². The Morgan fingerprint density at radius 2 is 1.35 bits per heavy atom. The van der Waals surface area contributed by atoms with Gasteiger partial charge in [-0.3, -0.25) is 0 Å². The fourth-order valence-electron chi connectivity index (χ4n) is 2.87. The molecule has 2 aromatic rings. The number of hydrogen-bond acceptors (Lipinski definition) is 4. The number of rotatable bonds is 6. The van der Waals surface area contributed by atoms with Gasteiger partial charge in [0, 0.05) is 17.7 Å². The second-order valence-electron chi connectivity index (χ2n) is 5.93. The van der Waals surface area contributed by atoms with Gasteiger partial charge in [0.1, 0.15) is 5.75 Å². The van der Waals surface area contributed by atoms with Crippen LogP contribution in [0.2, 0.25) is 0 Å². The molecule has 4 nitrogen and oxygen atoms in total. The molecule has 0 saturated carbocycles. The summed E-state index contributed by atoms with van der Waals surface area (Å²) in [5.74, 6) is 1.77. The van der Waals surface area contributed by atoms with E-state index < -0.39 is 0 Å². The summed E-state index contributed by atoms with van der Waals surface area (Å²) >= 11 is 0. The molecule has 0 heterocycles. The molecule has 0 atom stereocenters. The molecule has 0 fully saturated rings. The van der Waals surface area contributed by atoms with Gasteiger partial charge < -0.3 is 27.6 Å². The fourth-order valence-corrected chi connectivity index (χ4v) is 4.06. The molecule has 0 amide bonds. The Hall–Kier alpha value is -1.46. The van der Waals surface area contributed by atoms with E-state index in [1.165, 1.54) is 5.56 Å². The van der Waals surface area contributed by atoms with E-state index in [2.05, 4.69) is 13.0 Å². The minimum atomic E-state index is 0. The number of ether oxygens (including phenoxy) is 3. The summed E-state index contributed by atoms with van der Waals surface area (Å²) in [7, 11) is 5.24. The van der Waals surface area contributed by atoms with Crippen molar-refractivity contribution in [3.05, 3.63) is 46.0 Å². The SMILES string of the molecule is COc1cc(OC)c([P-]C(=O)c2c(C)cc(C)c(C)c2C)c(OC)c1.[Li+]. The largest absolute Gasteiger partial charge is 1.00 e. The third-order valence-corrected chi connectivity index (χ3v) is 5.56. The molecule has 0 unspecified atom stereocenters. The van der Waals surface area contributed by atoms with Crippen molar-refractivity contribution < 1.29 is 37.9 Å². The van der Waals surface area contributed by atoms with Crippen molar-refractivity contribution in [2.75, 3.05) is 21.3 Å². The fraction of sp³-hybridized carbons (Fsp3) is 0.350. The summed E-state index contributed by atoms with van der Waals surface area (Å²) in [6.45, 7) is 8.09. The Kier molecular flexibility index (Phi) is 8.22. The summed E-state index contributed by atoms with van der Waals surface area (Å²) in [6.07, 6.45) is 0. The van der Waals surface area contributed by atoms with E-state index in [4.69, 9.17) is 14.2 Å². The van der Waals surface area contributed by atoms with E-state index in [-0.39, 0.29) is 24.4 Å². The van der Waals surface area contributed by atoms with Crippen molar-refractivity contribution in [1.82, 2.24) is 0 Å². The zero-order valence-electron chi connectivity index (χ0n) is 16.8. The number of hydrogen-bond donors (Lipinski definition) is 0. The Morgan fingerprint density at radius 3 is 1.81 bits per heavy atom. The van der Waals surface area contributed by atoms with Crippen LogP contribution in [0.1, 0.15) is 32.6 Å². The maximum atomic E-state index is 13.1. The third-order valence-electron chi connectivity index (χ3n) is 4.47. The van der Waals surface area contributed by atoms with Gasteiger partial charge in [-0.15, -0.1) is 5.30 Å². The smallest absolute Gasteiger partial charge is 0.499 e. The van der Waals surface area contributed by atoms with Crippen LogP contribution >= 0.6 is 8.58 Å². The number of carbonyl (C=O) groups excluding carboxylic acids is 1. The number of aryl methyl sites for hydroxylation is 2. The predicted molar refractivity (Wildman–Crippen MR) is 102 cm³/mol. The van der Waals surface area contributed by atoms with E-state index in [0.29, 0.717) is 31.1 Å². The molecule has 0 aromatic heterocycles. The Bertz CT molecular complexity index is 793. The molecule has 6 heteroatoms. The third kappa shape index (κ3) is 4.44. The molecule has 26 heavy (non-hydrogen) atoms. The number of carbonyl (C=O) groups is 1. The van der Waals surface area contributed by atoms with Gasteiger partial charge in [0.05, 0.1) is 32.8 Å². The summed E-state index contributed by atoms with van der Waals surface area (Å²) in [5, 5.41) is 0.702. The molecule has 0 bridgehead atoms. The first kappa shape index (κ1) is 22.6. The molecular weight excluding hydrogens is 342 g/mol. The van der Waals surface area contributed by atoms with Crippen LogP contribution in [0.25, 0.3) is 0 Å². The molecule has 0 spiro atoms. The quantitative estimate of drug-likeness (QED) is 0.572. The van der Waals surface area contributed by atoms with Crippen LogP contribution in [0.15, 0.2) is 18.2 Å². The molecule has 0 radical (unpaired) electrons. The molecule has 2 rings (SSSR count). The van der Waals surface area contributed by atoms with Crippen LogP contribution in [-0.2, 0) is 0 Å². The summed E-state index contributed by atoms with van der Waals surface area (Å²) in [5.41, 5.74) is 5.16. The predicted octanol–water partition coefficient (Wildman–Crippen LogP) is 1.36. The van der Waals surface area contributed by atoms with Gasteiger partial charge in [0.25, 0.3) is 0 Å². The van der Waals surface area contributed by atoms with E-state index >= 15 is 0 Å². The van der Waals surface area contributed by atoms with E-state index in [0.717, 1.165) is 22.3 Å². The van der Waals surface area contributed by atoms with Crippen LogP contribution in [0.4, 0.5) is 0 Å². The van der Waals surface area contributed by atoms with Gasteiger partial charge in [-0.25, -0.2) is 0 Å². The molecule has 0 aliphatic carbocycles. The van der Waals surface area contributed by atoms with Crippen LogP contribution in [0.3, 0.4) is 0 Å². The average molecular weight is 366 g/mol. The first-order chi connectivity index (χ1) is 11.8. The summed E-state index contributed by atoms with van der Waals surface area (Å²) in [6, 6.07) is 5.59. The summed E-state index contributed by atoms with van der Waals surface area (Å²) in [4.78, 5) is 13.1. The molecular formula is C20H24LiO4P. The van der Waals surface area contributed by atoms with Gasteiger partial charge in [0.15, 0.2) is 0 Å². The molecule has 0 saturated heterocycles.